The predicted octanol–water partition coefficient (Wildman–Crippen LogP) is 2.36. The molecule has 1 aromatic carbocycles. The van der Waals surface area contributed by atoms with Crippen molar-refractivity contribution in [2.24, 2.45) is 4.99 Å². The minimum Gasteiger partial charge on any atom is -0.353 e. The van der Waals surface area contributed by atoms with Gasteiger partial charge in [0.2, 0.25) is 0 Å². The van der Waals surface area contributed by atoms with Crippen LogP contribution >= 0.6 is 0 Å². The van der Waals surface area contributed by atoms with E-state index < -0.39 is 21.6 Å². The number of benzene rings is 1. The minimum absolute atomic E-state index is 0.0150. The van der Waals surface area contributed by atoms with E-state index in [1.165, 1.54) is 17.8 Å². The lowest BCUT2D eigenvalue weighted by Crippen LogP contribution is -2.43. The third-order valence-corrected chi connectivity index (χ3v) is 6.66. The Morgan fingerprint density at radius 2 is 2.03 bits per heavy atom. The molecule has 2 N–H and O–H groups in total. The van der Waals surface area contributed by atoms with Crippen LogP contribution in [0, 0.1) is 13.8 Å². The first-order chi connectivity index (χ1) is 14.0. The SMILES string of the molecule is CN=C(NCc1ccc(-n2nc(C)cc2C)cc1C(F)(F)F)NC1CCS(=O)(=O)C1. The summed E-state index contributed by atoms with van der Waals surface area (Å²) in [7, 11) is -1.60. The summed E-state index contributed by atoms with van der Waals surface area (Å²) in [5.41, 5.74) is 1.07. The normalized spacial score (nSPS) is 19.1. The van der Waals surface area contributed by atoms with E-state index in [4.69, 9.17) is 0 Å². The Hall–Kier alpha value is -2.56. The van der Waals surface area contributed by atoms with Crippen molar-refractivity contribution < 1.29 is 21.6 Å². The maximum Gasteiger partial charge on any atom is 0.416 e. The number of hydrogen-bond donors (Lipinski definition) is 2. The van der Waals surface area contributed by atoms with E-state index in [9.17, 15) is 21.6 Å². The molecule has 0 aliphatic carbocycles. The highest BCUT2D eigenvalue weighted by Gasteiger charge is 2.34. The standard InChI is InChI=1S/C19H24F3N5O2S/c1-12-8-13(2)27(26-12)16-5-4-14(17(9-16)19(20,21)22)10-24-18(23-3)25-15-6-7-30(28,29)11-15/h4-5,8-9,15H,6-7,10-11H2,1-3H3,(H2,23,24,25). The first kappa shape index (κ1) is 22.1. The molecular formula is C19H24F3N5O2S. The molecule has 0 saturated carbocycles. The second-order valence-corrected chi connectivity index (χ2v) is 9.58. The number of rotatable bonds is 4. The average molecular weight is 443 g/mol. The Labute approximate surface area is 173 Å². The number of hydrogen-bond acceptors (Lipinski definition) is 4. The second kappa shape index (κ2) is 8.29. The van der Waals surface area contributed by atoms with Crippen molar-refractivity contribution in [3.8, 4) is 5.69 Å². The predicted molar refractivity (Wildman–Crippen MR) is 108 cm³/mol. The van der Waals surface area contributed by atoms with Crippen LogP contribution in [0.4, 0.5) is 13.2 Å². The van der Waals surface area contributed by atoms with Gasteiger partial charge in [-0.25, -0.2) is 13.1 Å². The van der Waals surface area contributed by atoms with E-state index >= 15 is 0 Å². The van der Waals surface area contributed by atoms with Crippen LogP contribution in [0.5, 0.6) is 0 Å². The summed E-state index contributed by atoms with van der Waals surface area (Å²) in [5, 5.41) is 10.1. The lowest BCUT2D eigenvalue weighted by Gasteiger charge is -2.19. The molecule has 1 saturated heterocycles. The lowest BCUT2D eigenvalue weighted by molar-refractivity contribution is -0.138. The highest BCUT2D eigenvalue weighted by Crippen LogP contribution is 2.33. The van der Waals surface area contributed by atoms with Crippen molar-refractivity contribution in [3.05, 3.63) is 46.8 Å². The quantitative estimate of drug-likeness (QED) is 0.560. The van der Waals surface area contributed by atoms with Gasteiger partial charge in [-0.15, -0.1) is 0 Å². The maximum atomic E-state index is 13.7. The van der Waals surface area contributed by atoms with Gasteiger partial charge in [-0.05, 0) is 44.0 Å². The van der Waals surface area contributed by atoms with Gasteiger partial charge in [-0.3, -0.25) is 4.99 Å². The molecule has 164 valence electrons. The van der Waals surface area contributed by atoms with Crippen molar-refractivity contribution in [2.45, 2.75) is 39.0 Å². The van der Waals surface area contributed by atoms with Crippen molar-refractivity contribution >= 4 is 15.8 Å². The highest BCUT2D eigenvalue weighted by molar-refractivity contribution is 7.91. The van der Waals surface area contributed by atoms with Crippen LogP contribution in [0.2, 0.25) is 0 Å². The van der Waals surface area contributed by atoms with Gasteiger partial charge in [0.05, 0.1) is 28.5 Å². The molecular weight excluding hydrogens is 419 g/mol. The molecule has 0 amide bonds. The van der Waals surface area contributed by atoms with Crippen LogP contribution in [0.15, 0.2) is 29.3 Å². The summed E-state index contributed by atoms with van der Waals surface area (Å²) < 4.78 is 65.7. The number of halogens is 3. The molecule has 1 fully saturated rings. The van der Waals surface area contributed by atoms with E-state index in [2.05, 4.69) is 20.7 Å². The van der Waals surface area contributed by atoms with Crippen LogP contribution in [0.25, 0.3) is 5.69 Å². The number of aromatic nitrogens is 2. The molecule has 0 spiro atoms. The third-order valence-electron chi connectivity index (χ3n) is 4.90. The van der Waals surface area contributed by atoms with Crippen LogP contribution < -0.4 is 10.6 Å². The summed E-state index contributed by atoms with van der Waals surface area (Å²) in [6.07, 6.45) is -4.10. The molecule has 2 aromatic rings. The largest absolute Gasteiger partial charge is 0.416 e. The second-order valence-electron chi connectivity index (χ2n) is 7.35. The van der Waals surface area contributed by atoms with Crippen LogP contribution in [0.1, 0.15) is 28.9 Å². The summed E-state index contributed by atoms with van der Waals surface area (Å²) in [6.45, 7) is 3.44. The zero-order valence-electron chi connectivity index (χ0n) is 16.9. The molecule has 7 nitrogen and oxygen atoms in total. The first-order valence-corrected chi connectivity index (χ1v) is 11.2. The van der Waals surface area contributed by atoms with Crippen LogP contribution in [0.3, 0.4) is 0 Å². The molecule has 1 aliphatic heterocycles. The number of guanidine groups is 1. The summed E-state index contributed by atoms with van der Waals surface area (Å²) >= 11 is 0. The van der Waals surface area contributed by atoms with Crippen molar-refractivity contribution in [2.75, 3.05) is 18.6 Å². The molecule has 1 unspecified atom stereocenters. The fourth-order valence-corrected chi connectivity index (χ4v) is 5.15. The van der Waals surface area contributed by atoms with Gasteiger partial charge in [0.1, 0.15) is 0 Å². The van der Waals surface area contributed by atoms with Crippen molar-refractivity contribution in [1.82, 2.24) is 20.4 Å². The molecule has 0 bridgehead atoms. The molecule has 1 atom stereocenters. The summed E-state index contributed by atoms with van der Waals surface area (Å²) in [4.78, 5) is 3.99. The smallest absolute Gasteiger partial charge is 0.353 e. The van der Waals surface area contributed by atoms with Gasteiger partial charge in [0.25, 0.3) is 0 Å². The molecule has 1 aliphatic rings. The number of aryl methyl sites for hydroxylation is 2. The van der Waals surface area contributed by atoms with Crippen LogP contribution in [-0.4, -0.2) is 48.8 Å². The maximum absolute atomic E-state index is 13.7. The van der Waals surface area contributed by atoms with E-state index in [0.29, 0.717) is 12.1 Å². The number of aliphatic imine (C=N–C) groups is 1. The zero-order chi connectivity index (χ0) is 22.1. The van der Waals surface area contributed by atoms with E-state index in [1.54, 1.807) is 26.0 Å². The Morgan fingerprint density at radius 1 is 1.30 bits per heavy atom. The van der Waals surface area contributed by atoms with Gasteiger partial charge >= 0.3 is 6.18 Å². The summed E-state index contributed by atoms with van der Waals surface area (Å²) in [6, 6.07) is 5.56. The number of sulfone groups is 1. The van der Waals surface area contributed by atoms with Crippen molar-refractivity contribution in [1.29, 1.82) is 0 Å². The van der Waals surface area contributed by atoms with Crippen LogP contribution in [-0.2, 0) is 22.6 Å². The van der Waals surface area contributed by atoms with E-state index in [-0.39, 0.29) is 35.6 Å². The van der Waals surface area contributed by atoms with Gasteiger partial charge in [0, 0.05) is 25.3 Å². The highest BCUT2D eigenvalue weighted by atomic mass is 32.2. The monoisotopic (exact) mass is 443 g/mol. The van der Waals surface area contributed by atoms with Gasteiger partial charge in [-0.1, -0.05) is 6.07 Å². The lowest BCUT2D eigenvalue weighted by atomic mass is 10.1. The Bertz CT molecular complexity index is 1060. The third kappa shape index (κ3) is 5.13. The minimum atomic E-state index is -4.54. The molecule has 0 radical (unpaired) electrons. The van der Waals surface area contributed by atoms with Crippen molar-refractivity contribution in [3.63, 3.8) is 0 Å². The molecule has 11 heteroatoms. The number of nitrogens with zero attached hydrogens (tertiary/aromatic N) is 3. The van der Waals surface area contributed by atoms with Gasteiger partial charge < -0.3 is 10.6 Å². The zero-order valence-corrected chi connectivity index (χ0v) is 17.7. The molecule has 1 aromatic heterocycles. The fraction of sp³-hybridized carbons (Fsp3) is 0.474. The number of nitrogens with one attached hydrogen (secondary N) is 2. The first-order valence-electron chi connectivity index (χ1n) is 9.40. The van der Waals surface area contributed by atoms with E-state index in [0.717, 1.165) is 17.5 Å². The van der Waals surface area contributed by atoms with Gasteiger partial charge in [-0.2, -0.15) is 18.3 Å². The summed E-state index contributed by atoms with van der Waals surface area (Å²) in [5.74, 6) is 0.333. The topological polar surface area (TPSA) is 88.4 Å². The average Bonchev–Trinajstić information content (AvgIpc) is 3.17. The Balaban J connectivity index is 1.79. The Morgan fingerprint density at radius 3 is 2.57 bits per heavy atom. The number of alkyl halides is 3. The molecule has 30 heavy (non-hydrogen) atoms. The fourth-order valence-electron chi connectivity index (χ4n) is 3.48. The Kier molecular flexibility index (Phi) is 6.11. The van der Waals surface area contributed by atoms with E-state index in [1.807, 2.05) is 0 Å². The molecule has 2 heterocycles. The molecule has 3 rings (SSSR count). The van der Waals surface area contributed by atoms with Gasteiger partial charge in [0.15, 0.2) is 15.8 Å².